The Morgan fingerprint density at radius 2 is 1.62 bits per heavy atom. The van der Waals surface area contributed by atoms with Crippen molar-refractivity contribution >= 4 is 23.4 Å². The van der Waals surface area contributed by atoms with Gasteiger partial charge in [0.2, 0.25) is 0 Å². The van der Waals surface area contributed by atoms with Gasteiger partial charge in [0.05, 0.1) is 22.1 Å². The number of benzene rings is 3. The Kier molecular flexibility index (Phi) is 6.22. The number of halogens is 1. The normalized spacial score (nSPS) is 11.7. The Morgan fingerprint density at radius 3 is 2.28 bits per heavy atom. The highest BCUT2D eigenvalue weighted by molar-refractivity contribution is 7.98. The Bertz CT molecular complexity index is 1270. The van der Waals surface area contributed by atoms with Crippen molar-refractivity contribution < 1.29 is 5.11 Å². The second kappa shape index (κ2) is 8.78. The molecular formula is C27H27ClN2OS. The molecule has 1 heterocycles. The Labute approximate surface area is 199 Å². The molecule has 1 N–H and O–H groups in total. The van der Waals surface area contributed by atoms with Crippen molar-refractivity contribution in [1.82, 2.24) is 9.78 Å². The third-order valence-electron chi connectivity index (χ3n) is 5.64. The lowest BCUT2D eigenvalue weighted by molar-refractivity contribution is 0.0734. The maximum Gasteiger partial charge on any atom is 0.103 e. The monoisotopic (exact) mass is 462 g/mol. The van der Waals surface area contributed by atoms with Gasteiger partial charge in [-0.25, -0.2) is 4.68 Å². The summed E-state index contributed by atoms with van der Waals surface area (Å²) in [6.45, 7) is 7.62. The van der Waals surface area contributed by atoms with Crippen LogP contribution >= 0.6 is 23.4 Å². The van der Waals surface area contributed by atoms with E-state index >= 15 is 0 Å². The SMILES string of the molecule is CSc1cccc(-c2ccc(-c3cc(C(C)(C)O)nn3-c3c(C)cccc3Cl)c(C)c2)c1. The zero-order valence-electron chi connectivity index (χ0n) is 19.0. The quantitative estimate of drug-likeness (QED) is 0.313. The van der Waals surface area contributed by atoms with E-state index in [1.807, 2.05) is 35.9 Å². The summed E-state index contributed by atoms with van der Waals surface area (Å²) < 4.78 is 1.86. The summed E-state index contributed by atoms with van der Waals surface area (Å²) in [6.07, 6.45) is 2.09. The van der Waals surface area contributed by atoms with Crippen LogP contribution in [0.25, 0.3) is 28.1 Å². The molecule has 0 bridgehead atoms. The smallest absolute Gasteiger partial charge is 0.103 e. The molecule has 0 saturated heterocycles. The zero-order chi connectivity index (χ0) is 23.0. The summed E-state index contributed by atoms with van der Waals surface area (Å²) in [5, 5.41) is 16.1. The predicted molar refractivity (Wildman–Crippen MR) is 136 cm³/mol. The van der Waals surface area contributed by atoms with Crippen LogP contribution in [0.5, 0.6) is 0 Å². The molecule has 1 aromatic heterocycles. The number of nitrogens with zero attached hydrogens (tertiary/aromatic N) is 2. The van der Waals surface area contributed by atoms with E-state index < -0.39 is 5.60 Å². The number of para-hydroxylation sites is 1. The minimum Gasteiger partial charge on any atom is -0.384 e. The van der Waals surface area contributed by atoms with E-state index in [9.17, 15) is 5.11 Å². The van der Waals surface area contributed by atoms with E-state index in [0.717, 1.165) is 28.1 Å². The molecule has 0 atom stereocenters. The number of thioether (sulfide) groups is 1. The van der Waals surface area contributed by atoms with Gasteiger partial charge in [-0.1, -0.05) is 54.1 Å². The third-order valence-corrected chi connectivity index (χ3v) is 6.67. The van der Waals surface area contributed by atoms with Crippen molar-refractivity contribution in [2.75, 3.05) is 6.26 Å². The van der Waals surface area contributed by atoms with Crippen molar-refractivity contribution in [3.8, 4) is 28.1 Å². The lowest BCUT2D eigenvalue weighted by atomic mass is 9.97. The highest BCUT2D eigenvalue weighted by Crippen LogP contribution is 2.35. The summed E-state index contributed by atoms with van der Waals surface area (Å²) in [6, 6.07) is 22.8. The van der Waals surface area contributed by atoms with Gasteiger partial charge in [-0.05, 0) is 80.5 Å². The number of aryl methyl sites for hydroxylation is 2. The molecule has 0 aliphatic rings. The molecule has 0 aliphatic carbocycles. The molecule has 5 heteroatoms. The Balaban J connectivity index is 1.89. The first-order chi connectivity index (χ1) is 15.2. The third kappa shape index (κ3) is 4.36. The summed E-state index contributed by atoms with van der Waals surface area (Å²) in [5.74, 6) is 0. The van der Waals surface area contributed by atoms with Crippen LogP contribution in [-0.4, -0.2) is 21.1 Å². The van der Waals surface area contributed by atoms with Gasteiger partial charge in [-0.2, -0.15) is 5.10 Å². The van der Waals surface area contributed by atoms with Gasteiger partial charge >= 0.3 is 0 Å². The van der Waals surface area contributed by atoms with Crippen molar-refractivity contribution in [2.24, 2.45) is 0 Å². The van der Waals surface area contributed by atoms with Crippen molar-refractivity contribution in [1.29, 1.82) is 0 Å². The van der Waals surface area contributed by atoms with Crippen molar-refractivity contribution in [2.45, 2.75) is 38.2 Å². The molecule has 0 amide bonds. The second-order valence-electron chi connectivity index (χ2n) is 8.55. The summed E-state index contributed by atoms with van der Waals surface area (Å²) in [4.78, 5) is 1.24. The lowest BCUT2D eigenvalue weighted by Crippen LogP contribution is -2.16. The van der Waals surface area contributed by atoms with Crippen LogP contribution in [0.15, 0.2) is 71.6 Å². The molecular weight excluding hydrogens is 436 g/mol. The first-order valence-corrected chi connectivity index (χ1v) is 12.1. The van der Waals surface area contributed by atoms with E-state index in [1.165, 1.54) is 16.0 Å². The lowest BCUT2D eigenvalue weighted by Gasteiger charge is -2.15. The van der Waals surface area contributed by atoms with Crippen LogP contribution in [0.2, 0.25) is 5.02 Å². The fraction of sp³-hybridized carbons (Fsp3) is 0.222. The minimum absolute atomic E-state index is 0.600. The average Bonchev–Trinajstić information content (AvgIpc) is 3.19. The first-order valence-electron chi connectivity index (χ1n) is 10.5. The number of rotatable bonds is 5. The first kappa shape index (κ1) is 22.7. The largest absolute Gasteiger partial charge is 0.384 e. The van der Waals surface area contributed by atoms with Crippen LogP contribution in [-0.2, 0) is 5.60 Å². The molecule has 164 valence electrons. The van der Waals surface area contributed by atoms with Crippen LogP contribution in [0.4, 0.5) is 0 Å². The van der Waals surface area contributed by atoms with E-state index in [1.54, 1.807) is 25.6 Å². The number of aliphatic hydroxyl groups is 1. The van der Waals surface area contributed by atoms with Gasteiger partial charge in [0.25, 0.3) is 0 Å². The molecule has 0 fully saturated rings. The van der Waals surface area contributed by atoms with Gasteiger partial charge in [0.1, 0.15) is 5.60 Å². The molecule has 0 radical (unpaired) electrons. The number of hydrogen-bond acceptors (Lipinski definition) is 3. The van der Waals surface area contributed by atoms with E-state index in [4.69, 9.17) is 16.7 Å². The van der Waals surface area contributed by atoms with Gasteiger partial charge in [0, 0.05) is 10.5 Å². The molecule has 4 aromatic rings. The topological polar surface area (TPSA) is 38.1 Å². The maximum absolute atomic E-state index is 10.7. The number of aromatic nitrogens is 2. The maximum atomic E-state index is 10.7. The molecule has 0 unspecified atom stereocenters. The predicted octanol–water partition coefficient (Wildman–Crippen LogP) is 7.43. The fourth-order valence-corrected chi connectivity index (χ4v) is 4.63. The minimum atomic E-state index is -1.07. The average molecular weight is 463 g/mol. The zero-order valence-corrected chi connectivity index (χ0v) is 20.6. The van der Waals surface area contributed by atoms with Crippen LogP contribution < -0.4 is 0 Å². The van der Waals surface area contributed by atoms with Gasteiger partial charge in [-0.15, -0.1) is 11.8 Å². The van der Waals surface area contributed by atoms with Crippen LogP contribution in [0, 0.1) is 13.8 Å². The van der Waals surface area contributed by atoms with Gasteiger partial charge in [-0.3, -0.25) is 0 Å². The molecule has 0 aliphatic heterocycles. The van der Waals surface area contributed by atoms with E-state index in [2.05, 4.69) is 55.6 Å². The molecule has 0 spiro atoms. The van der Waals surface area contributed by atoms with Crippen LogP contribution in [0.1, 0.15) is 30.7 Å². The van der Waals surface area contributed by atoms with Crippen molar-refractivity contribution in [3.05, 3.63) is 88.6 Å². The highest BCUT2D eigenvalue weighted by atomic mass is 35.5. The summed E-state index contributed by atoms with van der Waals surface area (Å²) >= 11 is 8.34. The summed E-state index contributed by atoms with van der Waals surface area (Å²) in [5.41, 5.74) is 6.83. The van der Waals surface area contributed by atoms with Crippen molar-refractivity contribution in [3.63, 3.8) is 0 Å². The van der Waals surface area contributed by atoms with Gasteiger partial charge in [0.15, 0.2) is 0 Å². The summed E-state index contributed by atoms with van der Waals surface area (Å²) in [7, 11) is 0. The van der Waals surface area contributed by atoms with Crippen LogP contribution in [0.3, 0.4) is 0 Å². The molecule has 3 nitrogen and oxygen atoms in total. The van der Waals surface area contributed by atoms with Gasteiger partial charge < -0.3 is 5.11 Å². The standard InChI is InChI=1S/C27H27ClN2OS/c1-17-8-6-11-23(28)26(17)30-24(16-25(29-30)27(3,4)31)22-13-12-20(14-18(22)2)19-9-7-10-21(15-19)32-5/h6-16,31H,1-5H3. The number of hydrogen-bond donors (Lipinski definition) is 1. The fourth-order valence-electron chi connectivity index (χ4n) is 3.87. The molecule has 0 saturated carbocycles. The molecule has 32 heavy (non-hydrogen) atoms. The van der Waals surface area contributed by atoms with E-state index in [-0.39, 0.29) is 0 Å². The molecule has 4 rings (SSSR count). The Morgan fingerprint density at radius 1 is 0.906 bits per heavy atom. The Hall–Kier alpha value is -2.53. The van der Waals surface area contributed by atoms with E-state index in [0.29, 0.717) is 10.7 Å². The second-order valence-corrected chi connectivity index (χ2v) is 9.84. The molecule has 3 aromatic carbocycles. The highest BCUT2D eigenvalue weighted by Gasteiger charge is 2.25.